The maximum absolute atomic E-state index is 14.0. The zero-order valence-corrected chi connectivity index (χ0v) is 11.7. The lowest BCUT2D eigenvalue weighted by Crippen LogP contribution is -2.08. The maximum Gasteiger partial charge on any atom is 0.358 e. The van der Waals surface area contributed by atoms with E-state index in [1.807, 2.05) is 0 Å². The van der Waals surface area contributed by atoms with Gasteiger partial charge in [0.2, 0.25) is 0 Å². The molecular formula is C14H12ClFN2O2. The molecule has 0 aliphatic heterocycles. The first-order chi connectivity index (χ1) is 9.43. The smallest absolute Gasteiger partial charge is 0.358 e. The summed E-state index contributed by atoms with van der Waals surface area (Å²) in [4.78, 5) is 15.6. The monoisotopic (exact) mass is 294 g/mol. The third kappa shape index (κ3) is 2.58. The van der Waals surface area contributed by atoms with E-state index in [1.54, 1.807) is 19.1 Å². The van der Waals surface area contributed by atoms with Crippen LogP contribution in [0.4, 0.5) is 10.1 Å². The van der Waals surface area contributed by atoms with Crippen LogP contribution in [0.25, 0.3) is 11.3 Å². The molecule has 0 unspecified atom stereocenters. The molecule has 2 rings (SSSR count). The summed E-state index contributed by atoms with van der Waals surface area (Å²) in [6.45, 7) is 1.77. The first kappa shape index (κ1) is 14.3. The van der Waals surface area contributed by atoms with Gasteiger partial charge in [0.25, 0.3) is 0 Å². The number of anilines is 1. The van der Waals surface area contributed by atoms with Crippen molar-refractivity contribution < 1.29 is 13.9 Å². The van der Waals surface area contributed by atoms with E-state index < -0.39 is 11.8 Å². The molecule has 1 aromatic heterocycles. The lowest BCUT2D eigenvalue weighted by molar-refractivity contribution is 0.0594. The lowest BCUT2D eigenvalue weighted by atomic mass is 10.1. The van der Waals surface area contributed by atoms with Crippen LogP contribution >= 0.6 is 11.6 Å². The normalized spacial score (nSPS) is 10.4. The number of hydrogen-bond donors (Lipinski definition) is 1. The molecule has 0 aliphatic rings. The van der Waals surface area contributed by atoms with Crippen molar-refractivity contribution in [3.05, 3.63) is 46.4 Å². The molecule has 0 fully saturated rings. The van der Waals surface area contributed by atoms with Crippen LogP contribution in [0.5, 0.6) is 0 Å². The van der Waals surface area contributed by atoms with Crippen molar-refractivity contribution in [3.63, 3.8) is 0 Å². The fourth-order valence-corrected chi connectivity index (χ4v) is 1.92. The second kappa shape index (κ2) is 5.46. The van der Waals surface area contributed by atoms with Gasteiger partial charge in [0.1, 0.15) is 5.82 Å². The minimum absolute atomic E-state index is 0.00637. The number of hydrogen-bond acceptors (Lipinski definition) is 4. The van der Waals surface area contributed by atoms with Crippen molar-refractivity contribution in [1.82, 2.24) is 4.98 Å². The number of carbonyl (C=O) groups is 1. The third-order valence-corrected chi connectivity index (χ3v) is 3.16. The molecule has 0 amide bonds. The average molecular weight is 295 g/mol. The summed E-state index contributed by atoms with van der Waals surface area (Å²) in [5.74, 6) is -1.17. The number of rotatable bonds is 2. The van der Waals surface area contributed by atoms with Gasteiger partial charge in [-0.25, -0.2) is 14.2 Å². The highest BCUT2D eigenvalue weighted by molar-refractivity contribution is 6.35. The minimum Gasteiger partial charge on any atom is -0.464 e. The highest BCUT2D eigenvalue weighted by atomic mass is 35.5. The van der Waals surface area contributed by atoms with Crippen molar-refractivity contribution in [2.24, 2.45) is 0 Å². The Morgan fingerprint density at radius 3 is 2.70 bits per heavy atom. The average Bonchev–Trinajstić information content (AvgIpc) is 2.41. The number of esters is 1. The van der Waals surface area contributed by atoms with Crippen LogP contribution < -0.4 is 5.73 Å². The second-order valence-electron chi connectivity index (χ2n) is 4.23. The summed E-state index contributed by atoms with van der Waals surface area (Å²) in [7, 11) is 1.20. The third-order valence-electron chi connectivity index (χ3n) is 2.77. The van der Waals surface area contributed by atoms with Crippen LogP contribution in [-0.2, 0) is 4.74 Å². The number of nitrogens with zero attached hydrogens (tertiary/aromatic N) is 1. The van der Waals surface area contributed by atoms with Crippen molar-refractivity contribution in [2.45, 2.75) is 6.92 Å². The maximum atomic E-state index is 14.0. The van der Waals surface area contributed by atoms with E-state index in [0.29, 0.717) is 0 Å². The van der Waals surface area contributed by atoms with E-state index in [1.165, 1.54) is 19.2 Å². The van der Waals surface area contributed by atoms with Gasteiger partial charge in [-0.05, 0) is 30.7 Å². The van der Waals surface area contributed by atoms with E-state index in [2.05, 4.69) is 9.72 Å². The van der Waals surface area contributed by atoms with Crippen LogP contribution in [0.1, 0.15) is 16.1 Å². The Balaban J connectivity index is 2.63. The van der Waals surface area contributed by atoms with E-state index in [-0.39, 0.29) is 27.7 Å². The number of halogens is 2. The van der Waals surface area contributed by atoms with Crippen LogP contribution in [0.15, 0.2) is 24.3 Å². The fourth-order valence-electron chi connectivity index (χ4n) is 1.75. The summed E-state index contributed by atoms with van der Waals surface area (Å²) < 4.78 is 18.5. The van der Waals surface area contributed by atoms with E-state index in [4.69, 9.17) is 17.3 Å². The van der Waals surface area contributed by atoms with Gasteiger partial charge in [0, 0.05) is 5.56 Å². The second-order valence-corrected chi connectivity index (χ2v) is 4.61. The SMILES string of the molecule is COC(=O)c1nc(-c2ccc(C)cc2F)cc(N)c1Cl. The summed E-state index contributed by atoms with van der Waals surface area (Å²) in [6, 6.07) is 6.10. The van der Waals surface area contributed by atoms with Gasteiger partial charge in [-0.2, -0.15) is 0 Å². The predicted molar refractivity (Wildman–Crippen MR) is 75.1 cm³/mol. The highest BCUT2D eigenvalue weighted by Crippen LogP contribution is 2.29. The molecule has 0 bridgehead atoms. The van der Waals surface area contributed by atoms with Crippen molar-refractivity contribution in [1.29, 1.82) is 0 Å². The van der Waals surface area contributed by atoms with Crippen LogP contribution in [0.3, 0.4) is 0 Å². The molecule has 0 saturated heterocycles. The minimum atomic E-state index is -0.726. The van der Waals surface area contributed by atoms with Gasteiger partial charge in [-0.3, -0.25) is 0 Å². The van der Waals surface area contributed by atoms with Crippen molar-refractivity contribution in [2.75, 3.05) is 12.8 Å². The van der Waals surface area contributed by atoms with Gasteiger partial charge in [0.05, 0.1) is 23.5 Å². The molecule has 0 atom stereocenters. The van der Waals surface area contributed by atoms with Gasteiger partial charge in [0.15, 0.2) is 5.69 Å². The number of aryl methyl sites for hydroxylation is 1. The summed E-state index contributed by atoms with van der Waals surface area (Å²) in [5.41, 5.74) is 6.98. The molecule has 0 spiro atoms. The number of ether oxygens (including phenoxy) is 1. The Morgan fingerprint density at radius 2 is 2.10 bits per heavy atom. The summed E-state index contributed by atoms with van der Waals surface area (Å²) in [6.07, 6.45) is 0. The molecule has 2 aromatic rings. The standard InChI is InChI=1S/C14H12ClFN2O2/c1-7-3-4-8(9(16)5-7)11-6-10(17)12(15)13(18-11)14(19)20-2/h3-6H,1-2H3,(H2,17,18). The van der Waals surface area contributed by atoms with Crippen LogP contribution in [-0.4, -0.2) is 18.1 Å². The molecule has 0 radical (unpaired) electrons. The summed E-state index contributed by atoms with van der Waals surface area (Å²) in [5, 5.41) is -0.00637. The molecule has 20 heavy (non-hydrogen) atoms. The number of benzene rings is 1. The quantitative estimate of drug-likeness (QED) is 0.864. The highest BCUT2D eigenvalue weighted by Gasteiger charge is 2.18. The van der Waals surface area contributed by atoms with Gasteiger partial charge in [-0.1, -0.05) is 17.7 Å². The molecule has 4 nitrogen and oxygen atoms in total. The van der Waals surface area contributed by atoms with Crippen molar-refractivity contribution in [3.8, 4) is 11.3 Å². The first-order valence-electron chi connectivity index (χ1n) is 5.75. The fraction of sp³-hybridized carbons (Fsp3) is 0.143. The first-order valence-corrected chi connectivity index (χ1v) is 6.12. The Kier molecular flexibility index (Phi) is 3.90. The Bertz CT molecular complexity index is 689. The molecule has 1 heterocycles. The molecular weight excluding hydrogens is 283 g/mol. The van der Waals surface area contributed by atoms with Crippen LogP contribution in [0, 0.1) is 12.7 Å². The van der Waals surface area contributed by atoms with E-state index >= 15 is 0 Å². The number of pyridine rings is 1. The van der Waals surface area contributed by atoms with Crippen molar-refractivity contribution >= 4 is 23.3 Å². The Labute approximate surface area is 120 Å². The zero-order chi connectivity index (χ0) is 14.9. The zero-order valence-electron chi connectivity index (χ0n) is 10.9. The van der Waals surface area contributed by atoms with E-state index in [9.17, 15) is 9.18 Å². The number of nitrogens with two attached hydrogens (primary N) is 1. The number of carbonyl (C=O) groups excluding carboxylic acids is 1. The predicted octanol–water partition coefficient (Wildman–Crippen LogP) is 3.22. The number of aromatic nitrogens is 1. The number of methoxy groups -OCH3 is 1. The molecule has 0 saturated carbocycles. The molecule has 104 valence electrons. The van der Waals surface area contributed by atoms with Gasteiger partial charge >= 0.3 is 5.97 Å². The van der Waals surface area contributed by atoms with E-state index in [0.717, 1.165) is 5.56 Å². The largest absolute Gasteiger partial charge is 0.464 e. The lowest BCUT2D eigenvalue weighted by Gasteiger charge is -2.09. The molecule has 2 N–H and O–H groups in total. The molecule has 0 aliphatic carbocycles. The summed E-state index contributed by atoms with van der Waals surface area (Å²) >= 11 is 5.91. The molecule has 6 heteroatoms. The topological polar surface area (TPSA) is 65.2 Å². The molecule has 1 aromatic carbocycles. The Morgan fingerprint density at radius 1 is 1.40 bits per heavy atom. The van der Waals surface area contributed by atoms with Crippen LogP contribution in [0.2, 0.25) is 5.02 Å². The van der Waals surface area contributed by atoms with Gasteiger partial charge < -0.3 is 10.5 Å². The number of nitrogen functional groups attached to an aromatic ring is 1. The Hall–Kier alpha value is -2.14. The van der Waals surface area contributed by atoms with Gasteiger partial charge in [-0.15, -0.1) is 0 Å².